The van der Waals surface area contributed by atoms with E-state index in [9.17, 15) is 0 Å². The monoisotopic (exact) mass is 260 g/mol. The number of benzene rings is 1. The van der Waals surface area contributed by atoms with Gasteiger partial charge in [0.2, 0.25) is 0 Å². The van der Waals surface area contributed by atoms with Crippen molar-refractivity contribution in [1.82, 2.24) is 9.97 Å². The number of aromatic nitrogens is 2. The number of halogens is 1. The highest BCUT2D eigenvalue weighted by molar-refractivity contribution is 7.13. The predicted octanol–water partition coefficient (Wildman–Crippen LogP) is 4.46. The Bertz CT molecular complexity index is 611. The molecule has 17 heavy (non-hydrogen) atoms. The molecule has 0 saturated carbocycles. The van der Waals surface area contributed by atoms with Crippen LogP contribution < -0.4 is 0 Å². The Morgan fingerprint density at radius 3 is 2.65 bits per heavy atom. The Hall–Kier alpha value is -1.58. The van der Waals surface area contributed by atoms with Crippen LogP contribution in [0.1, 0.15) is 0 Å². The van der Waals surface area contributed by atoms with Gasteiger partial charge in [0, 0.05) is 10.6 Å². The highest BCUT2D eigenvalue weighted by Crippen LogP contribution is 2.32. The van der Waals surface area contributed by atoms with Gasteiger partial charge < -0.3 is 4.98 Å². The lowest BCUT2D eigenvalue weighted by molar-refractivity contribution is 1.32. The van der Waals surface area contributed by atoms with Crippen LogP contribution in [0.2, 0.25) is 5.02 Å². The Morgan fingerprint density at radius 1 is 1.12 bits per heavy atom. The summed E-state index contributed by atoms with van der Waals surface area (Å²) in [5.41, 5.74) is 3.09. The van der Waals surface area contributed by atoms with Crippen molar-refractivity contribution in [3.05, 3.63) is 53.1 Å². The van der Waals surface area contributed by atoms with E-state index in [1.807, 2.05) is 30.3 Å². The first-order chi connectivity index (χ1) is 8.34. The van der Waals surface area contributed by atoms with Crippen molar-refractivity contribution in [2.24, 2.45) is 0 Å². The molecule has 2 nitrogen and oxygen atoms in total. The van der Waals surface area contributed by atoms with E-state index in [0.717, 1.165) is 22.0 Å². The van der Waals surface area contributed by atoms with E-state index in [0.29, 0.717) is 0 Å². The molecule has 0 bridgehead atoms. The minimum atomic E-state index is 0.738. The van der Waals surface area contributed by atoms with Gasteiger partial charge in [-0.3, -0.25) is 0 Å². The number of rotatable bonds is 2. The second kappa shape index (κ2) is 4.35. The zero-order chi connectivity index (χ0) is 11.7. The third kappa shape index (κ3) is 1.99. The Kier molecular flexibility index (Phi) is 2.71. The number of H-pyrrole nitrogens is 1. The van der Waals surface area contributed by atoms with E-state index in [1.54, 1.807) is 17.7 Å². The van der Waals surface area contributed by atoms with E-state index in [1.165, 1.54) is 4.88 Å². The summed E-state index contributed by atoms with van der Waals surface area (Å²) in [6.45, 7) is 0. The fourth-order valence-electron chi connectivity index (χ4n) is 1.73. The molecular formula is C13H9ClN2S. The number of imidazole rings is 1. The lowest BCUT2D eigenvalue weighted by Gasteiger charge is -2.01. The normalized spacial score (nSPS) is 10.6. The van der Waals surface area contributed by atoms with Crippen LogP contribution in [0.15, 0.2) is 48.1 Å². The molecule has 3 rings (SSSR count). The zero-order valence-electron chi connectivity index (χ0n) is 8.85. The summed E-state index contributed by atoms with van der Waals surface area (Å²) in [4.78, 5) is 8.76. The van der Waals surface area contributed by atoms with Crippen LogP contribution in [0.5, 0.6) is 0 Å². The first kappa shape index (κ1) is 10.6. The third-order valence-electron chi connectivity index (χ3n) is 2.52. The molecule has 2 aromatic heterocycles. The summed E-state index contributed by atoms with van der Waals surface area (Å²) >= 11 is 7.58. The molecule has 0 amide bonds. The zero-order valence-corrected chi connectivity index (χ0v) is 10.4. The second-order valence-electron chi connectivity index (χ2n) is 3.61. The fourth-order valence-corrected chi connectivity index (χ4v) is 2.59. The van der Waals surface area contributed by atoms with Crippen molar-refractivity contribution >= 4 is 22.9 Å². The van der Waals surface area contributed by atoms with E-state index < -0.39 is 0 Å². The third-order valence-corrected chi connectivity index (χ3v) is 3.66. The number of thiophene rings is 1. The summed E-state index contributed by atoms with van der Waals surface area (Å²) in [7, 11) is 0. The van der Waals surface area contributed by atoms with Crippen LogP contribution in [-0.2, 0) is 0 Å². The second-order valence-corrected chi connectivity index (χ2v) is 4.99. The van der Waals surface area contributed by atoms with Crippen LogP contribution in [-0.4, -0.2) is 9.97 Å². The van der Waals surface area contributed by atoms with Gasteiger partial charge in [0.05, 0.1) is 22.6 Å². The molecule has 84 valence electrons. The molecule has 0 aliphatic heterocycles. The van der Waals surface area contributed by atoms with Crippen molar-refractivity contribution in [2.45, 2.75) is 0 Å². The van der Waals surface area contributed by atoms with Crippen molar-refractivity contribution in [3.8, 4) is 21.8 Å². The minimum absolute atomic E-state index is 0.738. The maximum atomic E-state index is 5.89. The molecule has 2 heterocycles. The molecule has 3 aromatic rings. The maximum absolute atomic E-state index is 5.89. The van der Waals surface area contributed by atoms with E-state index in [-0.39, 0.29) is 0 Å². The number of aromatic amines is 1. The number of nitrogens with zero attached hydrogens (tertiary/aromatic N) is 1. The molecular weight excluding hydrogens is 252 g/mol. The topological polar surface area (TPSA) is 28.7 Å². The van der Waals surface area contributed by atoms with Crippen LogP contribution in [0.4, 0.5) is 0 Å². The summed E-state index contributed by atoms with van der Waals surface area (Å²) in [5, 5.41) is 2.80. The summed E-state index contributed by atoms with van der Waals surface area (Å²) in [6.07, 6.45) is 1.72. The first-order valence-corrected chi connectivity index (χ1v) is 6.43. The van der Waals surface area contributed by atoms with Crippen LogP contribution in [0.3, 0.4) is 0 Å². The summed E-state index contributed by atoms with van der Waals surface area (Å²) < 4.78 is 0. The van der Waals surface area contributed by atoms with Gasteiger partial charge in [0.15, 0.2) is 0 Å². The molecule has 1 N–H and O–H groups in total. The molecule has 1 aromatic carbocycles. The molecule has 0 unspecified atom stereocenters. The van der Waals surface area contributed by atoms with Gasteiger partial charge in [-0.25, -0.2) is 4.98 Å². The molecule has 0 aliphatic carbocycles. The van der Waals surface area contributed by atoms with E-state index in [2.05, 4.69) is 21.4 Å². The molecule has 4 heteroatoms. The van der Waals surface area contributed by atoms with Gasteiger partial charge in [0.25, 0.3) is 0 Å². The largest absolute Gasteiger partial charge is 0.343 e. The average Bonchev–Trinajstić information content (AvgIpc) is 3.00. The van der Waals surface area contributed by atoms with Gasteiger partial charge >= 0.3 is 0 Å². The van der Waals surface area contributed by atoms with Gasteiger partial charge in [-0.05, 0) is 23.6 Å². The van der Waals surface area contributed by atoms with Gasteiger partial charge in [-0.2, -0.15) is 0 Å². The smallest absolute Gasteiger partial charge is 0.0969 e. The Morgan fingerprint density at radius 2 is 1.94 bits per heavy atom. The minimum Gasteiger partial charge on any atom is -0.343 e. The summed E-state index contributed by atoms with van der Waals surface area (Å²) in [5.74, 6) is 0. The highest BCUT2D eigenvalue weighted by Gasteiger charge is 2.10. The standard InChI is InChI=1S/C13H9ClN2S/c14-10-5-3-9(4-6-10)12-13(16-8-15-12)11-2-1-7-17-11/h1-8H,(H,15,16). The molecule has 0 fully saturated rings. The number of hydrogen-bond donors (Lipinski definition) is 1. The fraction of sp³-hybridized carbons (Fsp3) is 0. The SMILES string of the molecule is Clc1ccc(-c2nc[nH]c2-c2cccs2)cc1. The van der Waals surface area contributed by atoms with Crippen molar-refractivity contribution < 1.29 is 0 Å². The van der Waals surface area contributed by atoms with E-state index in [4.69, 9.17) is 11.6 Å². The lowest BCUT2D eigenvalue weighted by atomic mass is 10.1. The maximum Gasteiger partial charge on any atom is 0.0969 e. The van der Waals surface area contributed by atoms with Gasteiger partial charge in [-0.1, -0.05) is 29.8 Å². The predicted molar refractivity (Wildman–Crippen MR) is 72.3 cm³/mol. The van der Waals surface area contributed by atoms with Crippen LogP contribution in [0.25, 0.3) is 21.8 Å². The molecule has 0 saturated heterocycles. The molecule has 0 radical (unpaired) electrons. The number of hydrogen-bond acceptors (Lipinski definition) is 2. The van der Waals surface area contributed by atoms with Crippen LogP contribution in [0, 0.1) is 0 Å². The van der Waals surface area contributed by atoms with Crippen molar-refractivity contribution in [3.63, 3.8) is 0 Å². The van der Waals surface area contributed by atoms with Gasteiger partial charge in [-0.15, -0.1) is 11.3 Å². The van der Waals surface area contributed by atoms with Crippen molar-refractivity contribution in [2.75, 3.05) is 0 Å². The molecule has 0 spiro atoms. The van der Waals surface area contributed by atoms with Crippen molar-refractivity contribution in [1.29, 1.82) is 0 Å². The highest BCUT2D eigenvalue weighted by atomic mass is 35.5. The molecule has 0 atom stereocenters. The quantitative estimate of drug-likeness (QED) is 0.724. The van der Waals surface area contributed by atoms with E-state index >= 15 is 0 Å². The Labute approximate surface area is 108 Å². The average molecular weight is 261 g/mol. The summed E-state index contributed by atoms with van der Waals surface area (Å²) in [6, 6.07) is 11.8. The first-order valence-electron chi connectivity index (χ1n) is 5.18. The lowest BCUT2D eigenvalue weighted by Crippen LogP contribution is -1.81. The Balaban J connectivity index is 2.10. The number of nitrogens with one attached hydrogen (secondary N) is 1. The molecule has 0 aliphatic rings. The van der Waals surface area contributed by atoms with Crippen LogP contribution >= 0.6 is 22.9 Å². The van der Waals surface area contributed by atoms with Gasteiger partial charge in [0.1, 0.15) is 0 Å².